The molecule has 2 heterocycles. The van der Waals surface area contributed by atoms with Crippen molar-refractivity contribution in [2.45, 2.75) is 48.0 Å². The van der Waals surface area contributed by atoms with E-state index in [0.29, 0.717) is 17.7 Å². The van der Waals surface area contributed by atoms with Gasteiger partial charge in [0.15, 0.2) is 11.5 Å². The summed E-state index contributed by atoms with van der Waals surface area (Å²) in [5, 5.41) is 13.1. The fourth-order valence-electron chi connectivity index (χ4n) is 2.67. The molecule has 0 aliphatic rings. The molecule has 0 atom stereocenters. The first-order valence-corrected chi connectivity index (χ1v) is 9.86. The number of anilines is 1. The largest absolute Gasteiger partial charge is 0.367 e. The second-order valence-electron chi connectivity index (χ2n) is 6.45. The average molecular weight is 432 g/mol. The Labute approximate surface area is 180 Å². The van der Waals surface area contributed by atoms with Crippen LogP contribution < -0.4 is 5.73 Å². The van der Waals surface area contributed by atoms with Gasteiger partial charge in [-0.1, -0.05) is 20.8 Å². The molecule has 2 aromatic heterocycles. The van der Waals surface area contributed by atoms with Crippen molar-refractivity contribution in [2.24, 2.45) is 4.99 Å². The summed E-state index contributed by atoms with van der Waals surface area (Å²) < 4.78 is 40.9. The minimum absolute atomic E-state index is 0.0438. The summed E-state index contributed by atoms with van der Waals surface area (Å²) in [7, 11) is 0. The first kappa shape index (κ1) is 25.6. The number of hydrogen-bond acceptors (Lipinski definition) is 5. The lowest BCUT2D eigenvalue weighted by atomic mass is 10.0. The molecule has 0 bridgehead atoms. The third kappa shape index (κ3) is 6.04. The van der Waals surface area contributed by atoms with E-state index in [0.717, 1.165) is 10.7 Å². The van der Waals surface area contributed by atoms with Crippen LogP contribution in [-0.2, 0) is 0 Å². The maximum atomic E-state index is 14.5. The molecule has 1 aromatic carbocycles. The summed E-state index contributed by atoms with van der Waals surface area (Å²) in [4.78, 5) is 7.98. The maximum absolute atomic E-state index is 14.5. The van der Waals surface area contributed by atoms with Crippen LogP contribution in [0.3, 0.4) is 0 Å². The van der Waals surface area contributed by atoms with Crippen molar-refractivity contribution < 1.29 is 13.2 Å². The average Bonchev–Trinajstić information content (AvgIpc) is 3.06. The molecule has 31 heavy (non-hydrogen) atoms. The van der Waals surface area contributed by atoms with E-state index < -0.39 is 11.6 Å². The number of aliphatic imine (C=N–C) groups is 1. The summed E-state index contributed by atoms with van der Waals surface area (Å²) >= 11 is 0. The third-order valence-electron chi connectivity index (χ3n) is 3.77. The first-order chi connectivity index (χ1) is 14.7. The Morgan fingerprint density at radius 2 is 1.84 bits per heavy atom. The Morgan fingerprint density at radius 3 is 2.32 bits per heavy atom. The predicted molar refractivity (Wildman–Crippen MR) is 118 cm³/mol. The molecule has 0 spiro atoms. The summed E-state index contributed by atoms with van der Waals surface area (Å²) in [6, 6.07) is 4.66. The highest BCUT2D eigenvalue weighted by molar-refractivity contribution is 5.87. The first-order valence-electron chi connectivity index (χ1n) is 9.86. The van der Waals surface area contributed by atoms with Crippen LogP contribution in [0, 0.1) is 29.9 Å². The van der Waals surface area contributed by atoms with E-state index in [4.69, 9.17) is 5.73 Å². The number of alkyl halides is 1. The quantitative estimate of drug-likeness (QED) is 0.518. The number of halogens is 3. The number of rotatable bonds is 3. The van der Waals surface area contributed by atoms with E-state index >= 15 is 0 Å². The maximum Gasteiger partial charge on any atom is 0.239 e. The highest BCUT2D eigenvalue weighted by atomic mass is 19.1. The van der Waals surface area contributed by atoms with Crippen molar-refractivity contribution in [3.63, 3.8) is 0 Å². The van der Waals surface area contributed by atoms with Crippen LogP contribution in [-0.4, -0.2) is 27.0 Å². The molecule has 0 aliphatic heterocycles. The van der Waals surface area contributed by atoms with Crippen LogP contribution in [0.25, 0.3) is 16.6 Å². The van der Waals surface area contributed by atoms with E-state index in [1.54, 1.807) is 33.8 Å². The summed E-state index contributed by atoms with van der Waals surface area (Å²) in [6.45, 7) is 10.8. The molecule has 166 valence electrons. The van der Waals surface area contributed by atoms with Crippen LogP contribution in [0.2, 0.25) is 0 Å². The van der Waals surface area contributed by atoms with Crippen molar-refractivity contribution >= 4 is 22.9 Å². The smallest absolute Gasteiger partial charge is 0.239 e. The minimum atomic E-state index is -0.655. The number of nitriles is 1. The van der Waals surface area contributed by atoms with Gasteiger partial charge in [0, 0.05) is 11.3 Å². The van der Waals surface area contributed by atoms with Gasteiger partial charge in [0.2, 0.25) is 5.95 Å². The zero-order valence-electron chi connectivity index (χ0n) is 18.6. The number of nitrogens with two attached hydrogens (primary N) is 1. The Morgan fingerprint density at radius 1 is 1.23 bits per heavy atom. The molecule has 0 fully saturated rings. The molecule has 0 saturated heterocycles. The molecule has 0 radical (unpaired) electrons. The standard InChI is InChI=1S/C17H14F2N6.C3H7F.C2H6/c1-8(2)22-15-9(3)4-10(5-11(15)18)14-12(19)7-25-16(14)13(6-20)23-17(21)24-25;1-2-3-4;1-2/h4-5,7H,1-3H3,(H2,21,24);2-3H2,1H3;1-2H3. The van der Waals surface area contributed by atoms with Crippen molar-refractivity contribution in [1.82, 2.24) is 14.6 Å². The van der Waals surface area contributed by atoms with Gasteiger partial charge in [0.25, 0.3) is 0 Å². The monoisotopic (exact) mass is 432 g/mol. The third-order valence-corrected chi connectivity index (χ3v) is 3.77. The van der Waals surface area contributed by atoms with E-state index in [-0.39, 0.29) is 40.6 Å². The van der Waals surface area contributed by atoms with Gasteiger partial charge in [-0.25, -0.2) is 13.3 Å². The predicted octanol–water partition coefficient (Wildman–Crippen LogP) is 5.94. The molecule has 0 saturated carbocycles. The van der Waals surface area contributed by atoms with E-state index in [2.05, 4.69) is 15.1 Å². The van der Waals surface area contributed by atoms with Crippen molar-refractivity contribution in [2.75, 3.05) is 12.4 Å². The lowest BCUT2D eigenvalue weighted by Gasteiger charge is -2.08. The lowest BCUT2D eigenvalue weighted by molar-refractivity contribution is 0.487. The molecule has 0 amide bonds. The summed E-state index contributed by atoms with van der Waals surface area (Å²) in [5.74, 6) is -1.39. The normalized spacial score (nSPS) is 9.81. The van der Waals surface area contributed by atoms with E-state index in [9.17, 15) is 18.4 Å². The Bertz CT molecular complexity index is 1080. The Balaban J connectivity index is 0.000000720. The fourth-order valence-corrected chi connectivity index (χ4v) is 2.67. The molecule has 3 rings (SSSR count). The minimum Gasteiger partial charge on any atom is -0.367 e. The van der Waals surface area contributed by atoms with Gasteiger partial charge in [-0.2, -0.15) is 10.2 Å². The number of fused-ring (bicyclic) bond motifs is 1. The van der Waals surface area contributed by atoms with Crippen LogP contribution in [0.1, 0.15) is 52.3 Å². The fraction of sp³-hybridized carbons (Fsp3) is 0.364. The van der Waals surface area contributed by atoms with Gasteiger partial charge < -0.3 is 5.73 Å². The topological polar surface area (TPSA) is 92.4 Å². The number of aromatic nitrogens is 3. The van der Waals surface area contributed by atoms with Crippen LogP contribution in [0.4, 0.5) is 24.8 Å². The van der Waals surface area contributed by atoms with Crippen LogP contribution in [0.15, 0.2) is 23.3 Å². The molecular formula is C22H27F3N6. The van der Waals surface area contributed by atoms with Gasteiger partial charge in [0.05, 0.1) is 12.9 Å². The number of hydrogen-bond donors (Lipinski definition) is 1. The van der Waals surface area contributed by atoms with Crippen molar-refractivity contribution in [1.29, 1.82) is 5.26 Å². The van der Waals surface area contributed by atoms with E-state index in [1.807, 2.05) is 19.9 Å². The summed E-state index contributed by atoms with van der Waals surface area (Å²) in [5.41, 5.74) is 7.33. The van der Waals surface area contributed by atoms with Crippen LogP contribution >= 0.6 is 0 Å². The Kier molecular flexibility index (Phi) is 9.67. The van der Waals surface area contributed by atoms with Gasteiger partial charge in [-0.05, 0) is 50.5 Å². The van der Waals surface area contributed by atoms with Gasteiger partial charge >= 0.3 is 0 Å². The Hall–Kier alpha value is -3.41. The molecule has 3 aromatic rings. The number of benzene rings is 1. The molecule has 6 nitrogen and oxygen atoms in total. The summed E-state index contributed by atoms with van der Waals surface area (Å²) in [6.07, 6.45) is 1.74. The molecule has 9 heteroatoms. The number of nitrogens with zero attached hydrogens (tertiary/aromatic N) is 5. The SMILES string of the molecule is CC.CC(C)=Nc1c(C)cc(-c2c(F)cn3nc(N)nc(C#N)c23)cc1F.CCCF. The molecular weight excluding hydrogens is 405 g/mol. The molecule has 0 unspecified atom stereocenters. The molecule has 2 N–H and O–H groups in total. The zero-order chi connectivity index (χ0) is 23.7. The van der Waals surface area contributed by atoms with E-state index in [1.165, 1.54) is 6.07 Å². The number of aryl methyl sites for hydroxylation is 1. The number of nitrogen functional groups attached to an aromatic ring is 1. The van der Waals surface area contributed by atoms with Crippen LogP contribution in [0.5, 0.6) is 0 Å². The van der Waals surface area contributed by atoms with Gasteiger partial charge in [-0.15, -0.1) is 5.10 Å². The highest BCUT2D eigenvalue weighted by Crippen LogP contribution is 2.35. The lowest BCUT2D eigenvalue weighted by Crippen LogP contribution is -2.03. The second-order valence-corrected chi connectivity index (χ2v) is 6.45. The zero-order valence-corrected chi connectivity index (χ0v) is 18.6. The molecule has 0 aliphatic carbocycles. The van der Waals surface area contributed by atoms with Crippen molar-refractivity contribution in [3.8, 4) is 17.2 Å². The van der Waals surface area contributed by atoms with Gasteiger partial charge in [0.1, 0.15) is 23.1 Å². The van der Waals surface area contributed by atoms with Gasteiger partial charge in [-0.3, -0.25) is 9.38 Å². The second kappa shape index (κ2) is 11.7. The van der Waals surface area contributed by atoms with Crippen molar-refractivity contribution in [3.05, 3.63) is 41.2 Å². The highest BCUT2D eigenvalue weighted by Gasteiger charge is 2.20.